The zero-order valence-corrected chi connectivity index (χ0v) is 16.3. The van der Waals surface area contributed by atoms with Gasteiger partial charge in [0.05, 0.1) is 8.55 Å². The molecule has 1 aliphatic rings. The van der Waals surface area contributed by atoms with E-state index in [-0.39, 0.29) is 23.4 Å². The van der Waals surface area contributed by atoms with Crippen LogP contribution < -0.4 is 0 Å². The summed E-state index contributed by atoms with van der Waals surface area (Å²) >= 11 is 0. The summed E-state index contributed by atoms with van der Waals surface area (Å²) < 4.78 is 5.53. The van der Waals surface area contributed by atoms with Crippen LogP contribution in [-0.4, -0.2) is 42.7 Å². The largest absolute Gasteiger partial charge is 0.486 e. The van der Waals surface area contributed by atoms with Crippen molar-refractivity contribution in [2.45, 2.75) is 70.4 Å². The Morgan fingerprint density at radius 3 is 2.32 bits per heavy atom. The molecule has 0 bridgehead atoms. The summed E-state index contributed by atoms with van der Waals surface area (Å²) in [7, 11) is -2.55. The van der Waals surface area contributed by atoms with E-state index in [1.807, 2.05) is 0 Å². The Bertz CT molecular complexity index is 256. The maximum absolute atomic E-state index is 11.6. The van der Waals surface area contributed by atoms with Gasteiger partial charge in [0.25, 0.3) is 5.59 Å². The molecule has 1 N–H and O–H groups in total. The average Bonchev–Trinajstić information content (AvgIpc) is 2.42. The van der Waals surface area contributed by atoms with Crippen LogP contribution in [0.5, 0.6) is 0 Å². The Labute approximate surface area is 122 Å². The first-order valence-electron chi connectivity index (χ1n) is 8.02. The van der Waals surface area contributed by atoms with E-state index < -0.39 is 7.59 Å². The molecule has 0 aromatic heterocycles. The highest BCUT2D eigenvalue weighted by atomic mass is 29.6. The van der Waals surface area contributed by atoms with Gasteiger partial charge >= 0.3 is 0 Å². The fraction of sp³-hybridized carbons (Fsp3) is 0.923. The molecule has 1 atom stereocenters. The minimum atomic E-state index is -1.85. The Morgan fingerprint density at radius 2 is 1.79 bits per heavy atom. The van der Waals surface area contributed by atoms with Gasteiger partial charge in [-0.3, -0.25) is 4.79 Å². The Balaban J connectivity index is 2.10. The third kappa shape index (κ3) is 6.38. The third-order valence-corrected chi connectivity index (χ3v) is 27.4. The van der Waals surface area contributed by atoms with Crippen molar-refractivity contribution in [2.75, 3.05) is 6.61 Å². The van der Waals surface area contributed by atoms with Gasteiger partial charge in [-0.2, -0.15) is 0 Å². The van der Waals surface area contributed by atoms with E-state index >= 15 is 0 Å². The van der Waals surface area contributed by atoms with Gasteiger partial charge in [0, 0.05) is 6.61 Å². The van der Waals surface area contributed by atoms with Gasteiger partial charge in [0.15, 0.2) is 7.59 Å². The topological polar surface area (TPSA) is 46.5 Å². The van der Waals surface area contributed by atoms with Crippen molar-refractivity contribution in [3.05, 3.63) is 0 Å². The van der Waals surface area contributed by atoms with Crippen LogP contribution in [0.25, 0.3) is 0 Å². The molecule has 6 heteroatoms. The minimum absolute atomic E-state index is 0.327. The summed E-state index contributed by atoms with van der Waals surface area (Å²) in [5, 5.41) is 9.55. The van der Waals surface area contributed by atoms with Crippen LogP contribution in [-0.2, 0) is 4.43 Å². The predicted molar refractivity (Wildman–Crippen MR) is 89.0 cm³/mol. The maximum Gasteiger partial charge on any atom is 0.266 e. The highest BCUT2D eigenvalue weighted by Gasteiger charge is 2.42. The first kappa shape index (κ1) is 17.1. The summed E-state index contributed by atoms with van der Waals surface area (Å²) in [4.78, 5) is 11.6. The number of carboxylic acid groups (broad SMARTS) is 1. The van der Waals surface area contributed by atoms with Crippen LogP contribution in [0.3, 0.4) is 0 Å². The molecular formula is C13H30O3Si3. The molecule has 0 saturated carbocycles. The molecule has 3 nitrogen and oxygen atoms in total. The second-order valence-corrected chi connectivity index (χ2v) is 22.5. The second kappa shape index (κ2) is 9.90. The molecule has 0 radical (unpaired) electrons. The van der Waals surface area contributed by atoms with Gasteiger partial charge in [0.1, 0.15) is 9.28 Å². The minimum Gasteiger partial charge on any atom is -0.486 e. The van der Waals surface area contributed by atoms with Crippen molar-refractivity contribution in [1.29, 1.82) is 0 Å². The molecule has 1 saturated heterocycles. The normalized spacial score (nSPS) is 25.9. The molecule has 1 fully saturated rings. The second-order valence-electron chi connectivity index (χ2n) is 5.92. The van der Waals surface area contributed by atoms with E-state index in [9.17, 15) is 9.90 Å². The highest BCUT2D eigenvalue weighted by Crippen LogP contribution is 2.22. The maximum atomic E-state index is 11.6. The predicted octanol–water partition coefficient (Wildman–Crippen LogP) is 2.53. The lowest BCUT2D eigenvalue weighted by atomic mass is 10.1. The summed E-state index contributed by atoms with van der Waals surface area (Å²) in [5.74, 6) is 0. The first-order valence-corrected chi connectivity index (χ1v) is 17.3. The molecular weight excluding hydrogens is 288 g/mol. The van der Waals surface area contributed by atoms with Crippen molar-refractivity contribution in [3.8, 4) is 0 Å². The van der Waals surface area contributed by atoms with Crippen molar-refractivity contribution in [1.82, 2.24) is 0 Å². The van der Waals surface area contributed by atoms with E-state index in [0.29, 0.717) is 0 Å². The van der Waals surface area contributed by atoms with E-state index in [1.165, 1.54) is 51.4 Å². The smallest absolute Gasteiger partial charge is 0.266 e. The lowest BCUT2D eigenvalue weighted by Gasteiger charge is -2.30. The van der Waals surface area contributed by atoms with Gasteiger partial charge in [-0.25, -0.2) is 0 Å². The van der Waals surface area contributed by atoms with Crippen LogP contribution in [0.1, 0.15) is 58.3 Å². The molecule has 0 aromatic rings. The third-order valence-electron chi connectivity index (χ3n) is 4.41. The lowest BCUT2D eigenvalue weighted by Crippen LogP contribution is -2.56. The van der Waals surface area contributed by atoms with Crippen molar-refractivity contribution >= 4 is 31.0 Å². The fourth-order valence-corrected chi connectivity index (χ4v) is 23.7. The molecule has 1 unspecified atom stereocenters. The molecule has 0 spiro atoms. The van der Waals surface area contributed by atoms with Crippen LogP contribution in [0.4, 0.5) is 4.79 Å². The molecule has 1 rings (SSSR count). The van der Waals surface area contributed by atoms with Crippen LogP contribution in [0.15, 0.2) is 0 Å². The summed E-state index contributed by atoms with van der Waals surface area (Å²) in [6.45, 7) is 3.02. The fourth-order valence-electron chi connectivity index (χ4n) is 2.93. The molecule has 112 valence electrons. The Kier molecular flexibility index (Phi) is 8.93. The number of carbonyl (C=O) groups is 1. The van der Waals surface area contributed by atoms with Crippen molar-refractivity contribution < 1.29 is 14.3 Å². The molecule has 19 heavy (non-hydrogen) atoms. The molecule has 1 heterocycles. The quantitative estimate of drug-likeness (QED) is 0.497. The van der Waals surface area contributed by atoms with E-state index in [1.54, 1.807) is 0 Å². The summed E-state index contributed by atoms with van der Waals surface area (Å²) in [6.07, 6.45) is 10.5. The van der Waals surface area contributed by atoms with Crippen LogP contribution in [0.2, 0.25) is 12.1 Å². The van der Waals surface area contributed by atoms with Crippen LogP contribution in [0, 0.1) is 0 Å². The van der Waals surface area contributed by atoms with E-state index in [2.05, 4.69) is 6.92 Å². The average molecular weight is 319 g/mol. The highest BCUT2D eigenvalue weighted by molar-refractivity contribution is 7.52. The van der Waals surface area contributed by atoms with Gasteiger partial charge < -0.3 is 9.53 Å². The van der Waals surface area contributed by atoms with Gasteiger partial charge in [-0.15, -0.1) is 0 Å². The summed E-state index contributed by atoms with van der Waals surface area (Å²) in [6, 6.07) is 2.00. The van der Waals surface area contributed by atoms with Crippen molar-refractivity contribution in [3.63, 3.8) is 0 Å². The number of unbranched alkanes of at least 4 members (excludes halogenated alkanes) is 7. The monoisotopic (exact) mass is 318 g/mol. The molecule has 0 aromatic carbocycles. The molecule has 0 amide bonds. The Morgan fingerprint density at radius 1 is 1.16 bits per heavy atom. The Hall–Kier alpha value is 0.0806. The SMILES string of the molecule is CCCCCCCCCC[Si]1(C(=O)O)CCO[SiH2][SiH2]1. The molecule has 1 aliphatic heterocycles. The van der Waals surface area contributed by atoms with E-state index in [4.69, 9.17) is 4.43 Å². The van der Waals surface area contributed by atoms with Gasteiger partial charge in [0.2, 0.25) is 0 Å². The molecule has 0 aliphatic carbocycles. The summed E-state index contributed by atoms with van der Waals surface area (Å²) in [5.41, 5.74) is -0.377. The number of hydrogen-bond acceptors (Lipinski definition) is 2. The standard InChI is InChI=1S/C13H30O3Si3/c1-2-3-4-5-6-7-8-9-11-19(13(14)15)12-10-16-17-18-19/h2-12,17-18H2,1H3,(H,14,15). The number of rotatable bonds is 10. The lowest BCUT2D eigenvalue weighted by molar-refractivity contribution is 0.217. The van der Waals surface area contributed by atoms with Crippen molar-refractivity contribution in [2.24, 2.45) is 0 Å². The van der Waals surface area contributed by atoms with Crippen LogP contribution >= 0.6 is 0 Å². The van der Waals surface area contributed by atoms with Gasteiger partial charge in [-0.1, -0.05) is 58.3 Å². The van der Waals surface area contributed by atoms with Gasteiger partial charge in [-0.05, 0) is 12.1 Å². The zero-order chi connectivity index (χ0) is 14.0. The zero-order valence-electron chi connectivity index (χ0n) is 12.5. The first-order chi connectivity index (χ1) is 9.21. The van der Waals surface area contributed by atoms with E-state index in [0.717, 1.165) is 18.7 Å². The number of hydrogen-bond donors (Lipinski definition) is 1.